The lowest BCUT2D eigenvalue weighted by Crippen LogP contribution is -2.40. The predicted molar refractivity (Wildman–Crippen MR) is 138 cm³/mol. The van der Waals surface area contributed by atoms with Crippen molar-refractivity contribution in [3.8, 4) is 11.5 Å². The van der Waals surface area contributed by atoms with Crippen molar-refractivity contribution in [1.82, 2.24) is 10.2 Å². The fourth-order valence-corrected chi connectivity index (χ4v) is 3.44. The van der Waals surface area contributed by atoms with Crippen LogP contribution in [0.3, 0.4) is 0 Å². The van der Waals surface area contributed by atoms with Gasteiger partial charge in [-0.05, 0) is 65.2 Å². The smallest absolute Gasteiger partial charge is 0.328 e. The van der Waals surface area contributed by atoms with E-state index in [1.54, 1.807) is 51.6 Å². The summed E-state index contributed by atoms with van der Waals surface area (Å²) in [4.78, 5) is 38.3. The minimum atomic E-state index is -0.909. The highest BCUT2D eigenvalue weighted by molar-refractivity contribution is 5.94. The molecule has 3 rings (SSSR count). The molecular weight excluding hydrogens is 460 g/mol. The topological polar surface area (TPSA) is 94.2 Å². The minimum Gasteiger partial charge on any atom is -0.497 e. The Bertz CT molecular complexity index is 1250. The molecule has 0 aliphatic rings. The molecule has 3 aromatic rings. The molecule has 0 radical (unpaired) electrons. The van der Waals surface area contributed by atoms with Gasteiger partial charge in [0.2, 0.25) is 5.91 Å². The second-order valence-corrected chi connectivity index (χ2v) is 8.24. The number of carbonyl (C=O) groups excluding carboxylic acids is 3. The third kappa shape index (κ3) is 7.33. The first-order valence-electron chi connectivity index (χ1n) is 11.4. The van der Waals surface area contributed by atoms with Crippen molar-refractivity contribution >= 4 is 34.6 Å². The van der Waals surface area contributed by atoms with Gasteiger partial charge in [0.05, 0.1) is 14.2 Å². The number of methoxy groups -OCH3 is 2. The van der Waals surface area contributed by atoms with Crippen LogP contribution < -0.4 is 14.8 Å². The van der Waals surface area contributed by atoms with Crippen molar-refractivity contribution in [2.45, 2.75) is 19.5 Å². The molecule has 0 fully saturated rings. The number of esters is 1. The molecule has 36 heavy (non-hydrogen) atoms. The predicted octanol–water partition coefficient (Wildman–Crippen LogP) is 3.58. The Labute approximate surface area is 210 Å². The van der Waals surface area contributed by atoms with Crippen molar-refractivity contribution in [3.63, 3.8) is 0 Å². The number of rotatable bonds is 10. The number of amides is 2. The number of likely N-dealkylation sites (N-methyl/N-ethyl adjacent to an activating group) is 1. The van der Waals surface area contributed by atoms with Crippen LogP contribution in [0.2, 0.25) is 0 Å². The largest absolute Gasteiger partial charge is 0.497 e. The number of nitrogens with zero attached hydrogens (tertiary/aromatic N) is 1. The van der Waals surface area contributed by atoms with Gasteiger partial charge >= 0.3 is 5.97 Å². The van der Waals surface area contributed by atoms with E-state index in [0.29, 0.717) is 12.3 Å². The maximum Gasteiger partial charge on any atom is 0.328 e. The minimum absolute atomic E-state index is 0.351. The summed E-state index contributed by atoms with van der Waals surface area (Å²) in [5.41, 5.74) is 1.75. The third-order valence-corrected chi connectivity index (χ3v) is 5.55. The second kappa shape index (κ2) is 12.4. The van der Waals surface area contributed by atoms with Crippen LogP contribution in [-0.2, 0) is 25.7 Å². The Morgan fingerprint density at radius 1 is 0.917 bits per heavy atom. The van der Waals surface area contributed by atoms with Gasteiger partial charge in [0, 0.05) is 19.7 Å². The zero-order valence-corrected chi connectivity index (χ0v) is 20.8. The number of hydrogen-bond donors (Lipinski definition) is 1. The first-order valence-corrected chi connectivity index (χ1v) is 11.4. The lowest BCUT2D eigenvalue weighted by atomic mass is 10.1. The molecule has 3 aromatic carbocycles. The Morgan fingerprint density at radius 3 is 2.25 bits per heavy atom. The zero-order valence-electron chi connectivity index (χ0n) is 20.8. The van der Waals surface area contributed by atoms with Gasteiger partial charge in [-0.2, -0.15) is 0 Å². The van der Waals surface area contributed by atoms with Gasteiger partial charge in [0.25, 0.3) is 5.91 Å². The van der Waals surface area contributed by atoms with Gasteiger partial charge in [-0.25, -0.2) is 4.79 Å². The van der Waals surface area contributed by atoms with Crippen molar-refractivity contribution in [2.24, 2.45) is 0 Å². The van der Waals surface area contributed by atoms with E-state index in [2.05, 4.69) is 5.32 Å². The molecule has 8 nitrogen and oxygen atoms in total. The number of hydrogen-bond acceptors (Lipinski definition) is 6. The molecule has 0 aliphatic carbocycles. The zero-order chi connectivity index (χ0) is 26.1. The summed E-state index contributed by atoms with van der Waals surface area (Å²) in [6, 6.07) is 18.0. The summed E-state index contributed by atoms with van der Waals surface area (Å²) in [6.45, 7) is 1.45. The third-order valence-electron chi connectivity index (χ3n) is 5.55. The van der Waals surface area contributed by atoms with Crippen molar-refractivity contribution in [2.75, 3.05) is 27.9 Å². The molecule has 0 aliphatic heterocycles. The molecule has 0 spiro atoms. The first kappa shape index (κ1) is 26.3. The quantitative estimate of drug-likeness (QED) is 0.345. The van der Waals surface area contributed by atoms with E-state index in [1.807, 2.05) is 36.4 Å². The molecule has 1 atom stereocenters. The van der Waals surface area contributed by atoms with Crippen LogP contribution in [0.25, 0.3) is 16.8 Å². The number of nitrogens with one attached hydrogen (secondary N) is 1. The first-order chi connectivity index (χ1) is 17.3. The Kier molecular flexibility index (Phi) is 9.05. The number of carbonyl (C=O) groups is 3. The van der Waals surface area contributed by atoms with Crippen LogP contribution in [-0.4, -0.2) is 56.6 Å². The summed E-state index contributed by atoms with van der Waals surface area (Å²) in [5.74, 6) is 0.000790. The molecule has 0 saturated heterocycles. The molecule has 188 valence electrons. The number of benzene rings is 3. The highest BCUT2D eigenvalue weighted by Crippen LogP contribution is 2.22. The van der Waals surface area contributed by atoms with Crippen LogP contribution in [0.4, 0.5) is 0 Å². The second-order valence-electron chi connectivity index (χ2n) is 8.24. The Balaban J connectivity index is 1.45. The van der Waals surface area contributed by atoms with Gasteiger partial charge in [-0.3, -0.25) is 9.59 Å². The molecule has 0 unspecified atom stereocenters. The molecule has 0 aromatic heterocycles. The molecule has 8 heteroatoms. The normalized spacial score (nSPS) is 11.7. The van der Waals surface area contributed by atoms with E-state index >= 15 is 0 Å². The SMILES string of the molecule is COc1ccc(/C=C/C(=O)N[C@@H](C)C(=O)OCC(=O)N(C)Cc2ccc3cc(OC)ccc3c2)cc1. The number of ether oxygens (including phenoxy) is 3. The molecule has 2 amide bonds. The van der Waals surface area contributed by atoms with E-state index in [4.69, 9.17) is 14.2 Å². The van der Waals surface area contributed by atoms with Crippen LogP contribution >= 0.6 is 0 Å². The van der Waals surface area contributed by atoms with Crippen molar-refractivity contribution in [1.29, 1.82) is 0 Å². The van der Waals surface area contributed by atoms with E-state index in [1.165, 1.54) is 17.9 Å². The molecular formula is C28H30N2O6. The summed E-state index contributed by atoms with van der Waals surface area (Å²) in [7, 11) is 4.84. The van der Waals surface area contributed by atoms with Crippen LogP contribution in [0.1, 0.15) is 18.1 Å². The van der Waals surface area contributed by atoms with Gasteiger partial charge < -0.3 is 24.4 Å². The average Bonchev–Trinajstić information content (AvgIpc) is 2.90. The summed E-state index contributed by atoms with van der Waals surface area (Å²) in [5, 5.41) is 4.60. The van der Waals surface area contributed by atoms with Crippen LogP contribution in [0, 0.1) is 0 Å². The Hall–Kier alpha value is -4.33. The van der Waals surface area contributed by atoms with Gasteiger partial charge in [-0.1, -0.05) is 30.3 Å². The van der Waals surface area contributed by atoms with Crippen molar-refractivity contribution < 1.29 is 28.6 Å². The lowest BCUT2D eigenvalue weighted by molar-refractivity contribution is -0.153. The van der Waals surface area contributed by atoms with Gasteiger partial charge in [0.1, 0.15) is 17.5 Å². The lowest BCUT2D eigenvalue weighted by Gasteiger charge is -2.18. The molecule has 0 saturated carbocycles. The fraction of sp³-hybridized carbons (Fsp3) is 0.250. The van der Waals surface area contributed by atoms with Crippen LogP contribution in [0.5, 0.6) is 11.5 Å². The fourth-order valence-electron chi connectivity index (χ4n) is 3.44. The standard InChI is InChI=1S/C28H30N2O6/c1-19(29-26(31)14-8-20-6-11-24(34-3)12-7-20)28(33)36-18-27(32)30(2)17-21-5-9-23-16-25(35-4)13-10-22(23)15-21/h5-16,19H,17-18H2,1-4H3,(H,29,31)/b14-8+/t19-/m0/s1. The van der Waals surface area contributed by atoms with E-state index in [0.717, 1.165) is 27.6 Å². The highest BCUT2D eigenvalue weighted by Gasteiger charge is 2.19. The number of fused-ring (bicyclic) bond motifs is 1. The monoisotopic (exact) mass is 490 g/mol. The van der Waals surface area contributed by atoms with E-state index < -0.39 is 24.5 Å². The summed E-state index contributed by atoms with van der Waals surface area (Å²) in [6.07, 6.45) is 2.94. The Morgan fingerprint density at radius 2 is 1.56 bits per heavy atom. The summed E-state index contributed by atoms with van der Waals surface area (Å²) < 4.78 is 15.5. The maximum absolute atomic E-state index is 12.5. The van der Waals surface area contributed by atoms with Gasteiger partial charge in [-0.15, -0.1) is 0 Å². The maximum atomic E-state index is 12.5. The molecule has 1 N–H and O–H groups in total. The summed E-state index contributed by atoms with van der Waals surface area (Å²) >= 11 is 0. The van der Waals surface area contributed by atoms with E-state index in [9.17, 15) is 14.4 Å². The van der Waals surface area contributed by atoms with Gasteiger partial charge in [0.15, 0.2) is 6.61 Å². The molecule has 0 bridgehead atoms. The van der Waals surface area contributed by atoms with Crippen LogP contribution in [0.15, 0.2) is 66.7 Å². The highest BCUT2D eigenvalue weighted by atomic mass is 16.5. The molecule has 0 heterocycles. The average molecular weight is 491 g/mol. The van der Waals surface area contributed by atoms with Crippen molar-refractivity contribution in [3.05, 3.63) is 77.9 Å². The van der Waals surface area contributed by atoms with E-state index in [-0.39, 0.29) is 5.91 Å².